The fourth-order valence-electron chi connectivity index (χ4n) is 3.54. The van der Waals surface area contributed by atoms with E-state index in [0.717, 1.165) is 11.1 Å². The van der Waals surface area contributed by atoms with E-state index in [4.69, 9.17) is 4.74 Å². The van der Waals surface area contributed by atoms with Gasteiger partial charge in [0.15, 0.2) is 14.7 Å². The zero-order valence-corrected chi connectivity index (χ0v) is 20.0. The molecule has 1 unspecified atom stereocenters. The van der Waals surface area contributed by atoms with Crippen LogP contribution < -0.4 is 10.1 Å². The molecule has 1 atom stereocenters. The number of benzene rings is 3. The Hall–Kier alpha value is -2.56. The fraction of sp³-hybridized carbons (Fsp3) is 0.296. The third-order valence-corrected chi connectivity index (χ3v) is 8.11. The van der Waals surface area contributed by atoms with Crippen LogP contribution in [0.2, 0.25) is 0 Å². The Balaban J connectivity index is 2.02. The molecule has 0 aliphatic carbocycles. The Morgan fingerprint density at radius 3 is 1.71 bits per heavy atom. The van der Waals surface area contributed by atoms with Crippen molar-refractivity contribution < 1.29 is 9.53 Å². The molecule has 162 valence electrons. The van der Waals surface area contributed by atoms with Crippen molar-refractivity contribution >= 4 is 16.9 Å². The SMILES string of the molecule is CNC(C)(C(=O)Oc1c(C)cc([S+](c2ccccc2)c2ccccc2)cc1C)C(C)C. The van der Waals surface area contributed by atoms with Crippen molar-refractivity contribution in [3.05, 3.63) is 83.9 Å². The molecule has 3 aromatic rings. The van der Waals surface area contributed by atoms with Crippen LogP contribution in [-0.2, 0) is 15.7 Å². The van der Waals surface area contributed by atoms with Gasteiger partial charge in [-0.3, -0.25) is 0 Å². The van der Waals surface area contributed by atoms with Gasteiger partial charge in [-0.05, 0) is 69.1 Å². The lowest BCUT2D eigenvalue weighted by Crippen LogP contribution is -2.54. The number of hydrogen-bond donors (Lipinski definition) is 1. The van der Waals surface area contributed by atoms with Gasteiger partial charge in [0, 0.05) is 12.1 Å². The molecule has 31 heavy (non-hydrogen) atoms. The maximum Gasteiger partial charge on any atom is 0.331 e. The number of aryl methyl sites for hydroxylation is 2. The van der Waals surface area contributed by atoms with Gasteiger partial charge < -0.3 is 10.1 Å². The monoisotopic (exact) mass is 434 g/mol. The minimum atomic E-state index is -0.740. The summed E-state index contributed by atoms with van der Waals surface area (Å²) in [6.07, 6.45) is 0. The van der Waals surface area contributed by atoms with Crippen molar-refractivity contribution in [2.75, 3.05) is 7.05 Å². The second-order valence-electron chi connectivity index (χ2n) is 8.32. The minimum absolute atomic E-state index is 0.104. The summed E-state index contributed by atoms with van der Waals surface area (Å²) in [4.78, 5) is 16.7. The number of carbonyl (C=O) groups is 1. The molecule has 0 amide bonds. The Morgan fingerprint density at radius 2 is 1.32 bits per heavy atom. The van der Waals surface area contributed by atoms with E-state index < -0.39 is 5.54 Å². The van der Waals surface area contributed by atoms with Crippen LogP contribution in [-0.4, -0.2) is 18.6 Å². The van der Waals surface area contributed by atoms with E-state index in [0.29, 0.717) is 5.75 Å². The molecule has 4 heteroatoms. The van der Waals surface area contributed by atoms with Gasteiger partial charge in [0.25, 0.3) is 0 Å². The van der Waals surface area contributed by atoms with Gasteiger partial charge in [-0.2, -0.15) is 0 Å². The average molecular weight is 435 g/mol. The maximum absolute atomic E-state index is 13.0. The van der Waals surface area contributed by atoms with E-state index in [1.807, 2.05) is 46.8 Å². The molecular formula is C27H32NO2S+. The van der Waals surface area contributed by atoms with Crippen LogP contribution in [0.1, 0.15) is 31.9 Å². The summed E-state index contributed by atoms with van der Waals surface area (Å²) < 4.78 is 5.94. The highest BCUT2D eigenvalue weighted by molar-refractivity contribution is 7.97. The molecule has 0 fully saturated rings. The van der Waals surface area contributed by atoms with Gasteiger partial charge in [-0.25, -0.2) is 4.79 Å². The minimum Gasteiger partial charge on any atom is -0.425 e. The first kappa shape index (κ1) is 23.1. The van der Waals surface area contributed by atoms with E-state index in [1.54, 1.807) is 7.05 Å². The summed E-state index contributed by atoms with van der Waals surface area (Å²) in [5.74, 6) is 0.501. The first-order valence-corrected chi connectivity index (χ1v) is 11.9. The van der Waals surface area contributed by atoms with Crippen LogP contribution >= 0.6 is 0 Å². The molecule has 0 aliphatic rings. The number of carbonyl (C=O) groups excluding carboxylic acids is 1. The van der Waals surface area contributed by atoms with Crippen molar-refractivity contribution in [1.29, 1.82) is 0 Å². The highest BCUT2D eigenvalue weighted by atomic mass is 32.2. The zero-order chi connectivity index (χ0) is 22.6. The van der Waals surface area contributed by atoms with Crippen LogP contribution in [0.5, 0.6) is 5.75 Å². The Bertz CT molecular complexity index is 971. The number of ether oxygens (including phenoxy) is 1. The number of esters is 1. The summed E-state index contributed by atoms with van der Waals surface area (Å²) in [5.41, 5.74) is 1.19. The lowest BCUT2D eigenvalue weighted by molar-refractivity contribution is -0.143. The van der Waals surface area contributed by atoms with E-state index in [2.05, 4.69) is 66.0 Å². The van der Waals surface area contributed by atoms with E-state index in [9.17, 15) is 4.79 Å². The number of hydrogen-bond acceptors (Lipinski definition) is 3. The van der Waals surface area contributed by atoms with Crippen LogP contribution in [0.25, 0.3) is 0 Å². The van der Waals surface area contributed by atoms with Crippen molar-refractivity contribution in [3.8, 4) is 5.75 Å². The standard InChI is InChI=1S/C27H32NO2S/c1-19(2)27(5,28-6)26(29)30-25-20(3)17-24(18-21(25)4)31(22-13-9-7-10-14-22)23-15-11-8-12-16-23/h7-19,28H,1-6H3/q+1. The third kappa shape index (κ3) is 4.86. The first-order chi connectivity index (χ1) is 14.8. The van der Waals surface area contributed by atoms with E-state index in [1.165, 1.54) is 14.7 Å². The van der Waals surface area contributed by atoms with E-state index in [-0.39, 0.29) is 22.8 Å². The first-order valence-electron chi connectivity index (χ1n) is 10.6. The molecule has 3 aromatic carbocycles. The van der Waals surface area contributed by atoms with Crippen molar-refractivity contribution in [1.82, 2.24) is 5.32 Å². The van der Waals surface area contributed by atoms with Crippen molar-refractivity contribution in [2.24, 2.45) is 5.92 Å². The molecular weight excluding hydrogens is 402 g/mol. The van der Waals surface area contributed by atoms with Crippen LogP contribution in [0.15, 0.2) is 87.5 Å². The molecule has 3 nitrogen and oxygen atoms in total. The molecule has 0 radical (unpaired) electrons. The third-order valence-electron chi connectivity index (χ3n) is 5.92. The predicted molar refractivity (Wildman–Crippen MR) is 129 cm³/mol. The molecule has 0 spiro atoms. The molecule has 0 saturated carbocycles. The maximum atomic E-state index is 13.0. The van der Waals surface area contributed by atoms with Crippen LogP contribution in [0, 0.1) is 19.8 Å². The Morgan fingerprint density at radius 1 is 0.871 bits per heavy atom. The van der Waals surface area contributed by atoms with Gasteiger partial charge >= 0.3 is 5.97 Å². The second-order valence-corrected chi connectivity index (χ2v) is 10.3. The van der Waals surface area contributed by atoms with Gasteiger partial charge in [0.2, 0.25) is 0 Å². The quantitative estimate of drug-likeness (QED) is 0.284. The number of rotatable bonds is 7. The summed E-state index contributed by atoms with van der Waals surface area (Å²) in [6, 6.07) is 25.4. The summed E-state index contributed by atoms with van der Waals surface area (Å²) in [5, 5.41) is 3.14. The van der Waals surface area contributed by atoms with Gasteiger partial charge in [-0.1, -0.05) is 50.2 Å². The summed E-state index contributed by atoms with van der Waals surface area (Å²) >= 11 is 0. The average Bonchev–Trinajstić information content (AvgIpc) is 2.77. The largest absolute Gasteiger partial charge is 0.425 e. The lowest BCUT2D eigenvalue weighted by Gasteiger charge is -2.31. The molecule has 0 saturated heterocycles. The Kier molecular flexibility index (Phi) is 7.24. The van der Waals surface area contributed by atoms with E-state index >= 15 is 0 Å². The normalized spacial score (nSPS) is 13.3. The summed E-state index contributed by atoms with van der Waals surface area (Å²) in [7, 11) is 1.57. The van der Waals surface area contributed by atoms with Gasteiger partial charge in [0.1, 0.15) is 11.3 Å². The molecule has 0 aliphatic heterocycles. The molecule has 0 bridgehead atoms. The predicted octanol–water partition coefficient (Wildman–Crippen LogP) is 5.94. The molecule has 3 rings (SSSR count). The highest BCUT2D eigenvalue weighted by Gasteiger charge is 2.38. The second kappa shape index (κ2) is 9.71. The summed E-state index contributed by atoms with van der Waals surface area (Å²) in [6.45, 7) is 9.96. The zero-order valence-electron chi connectivity index (χ0n) is 19.2. The Labute approximate surface area is 189 Å². The highest BCUT2D eigenvalue weighted by Crippen LogP contribution is 2.36. The smallest absolute Gasteiger partial charge is 0.331 e. The van der Waals surface area contributed by atoms with Crippen molar-refractivity contribution in [3.63, 3.8) is 0 Å². The lowest BCUT2D eigenvalue weighted by atomic mass is 9.89. The van der Waals surface area contributed by atoms with Crippen molar-refractivity contribution in [2.45, 2.75) is 54.8 Å². The number of likely N-dealkylation sites (N-methyl/N-ethyl adjacent to an activating group) is 1. The fourth-order valence-corrected chi connectivity index (χ4v) is 5.80. The number of nitrogens with one attached hydrogen (secondary N) is 1. The molecule has 0 heterocycles. The van der Waals surface area contributed by atoms with Crippen LogP contribution in [0.3, 0.4) is 0 Å². The van der Waals surface area contributed by atoms with Crippen LogP contribution in [0.4, 0.5) is 0 Å². The topological polar surface area (TPSA) is 38.3 Å². The molecule has 0 aromatic heterocycles. The molecule has 1 N–H and O–H groups in total. The van der Waals surface area contributed by atoms with Gasteiger partial charge in [0.05, 0.1) is 10.9 Å². The van der Waals surface area contributed by atoms with Gasteiger partial charge in [-0.15, -0.1) is 0 Å².